The van der Waals surface area contributed by atoms with Crippen molar-refractivity contribution >= 4 is 0 Å². The summed E-state index contributed by atoms with van der Waals surface area (Å²) in [5.41, 5.74) is 2.11. The zero-order valence-corrected chi connectivity index (χ0v) is 16.1. The third-order valence-corrected chi connectivity index (χ3v) is 5.17. The van der Waals surface area contributed by atoms with Gasteiger partial charge < -0.3 is 9.47 Å². The second-order valence-electron chi connectivity index (χ2n) is 7.15. The van der Waals surface area contributed by atoms with E-state index in [1.54, 1.807) is 13.0 Å². The number of halogens is 2. The van der Waals surface area contributed by atoms with E-state index in [4.69, 9.17) is 9.47 Å². The molecule has 1 fully saturated rings. The molecule has 3 rings (SSSR count). The van der Waals surface area contributed by atoms with Crippen LogP contribution in [-0.2, 0) is 11.2 Å². The second kappa shape index (κ2) is 9.32. The molecular formula is C23H28F2O2. The van der Waals surface area contributed by atoms with Crippen molar-refractivity contribution in [3.8, 4) is 16.9 Å². The molecule has 1 saturated heterocycles. The smallest absolute Gasteiger partial charge is 0.201 e. The van der Waals surface area contributed by atoms with Gasteiger partial charge >= 0.3 is 0 Å². The summed E-state index contributed by atoms with van der Waals surface area (Å²) in [6.45, 7) is 4.23. The lowest BCUT2D eigenvalue weighted by Gasteiger charge is -2.13. The molecule has 0 radical (unpaired) electrons. The molecule has 0 saturated carbocycles. The fourth-order valence-electron chi connectivity index (χ4n) is 3.73. The third kappa shape index (κ3) is 4.86. The van der Waals surface area contributed by atoms with Crippen molar-refractivity contribution in [2.24, 2.45) is 0 Å². The predicted octanol–water partition coefficient (Wildman–Crippen LogP) is 6.31. The molecule has 0 spiro atoms. The summed E-state index contributed by atoms with van der Waals surface area (Å²) in [6.07, 6.45) is 7.34. The van der Waals surface area contributed by atoms with Crippen molar-refractivity contribution in [3.63, 3.8) is 0 Å². The van der Waals surface area contributed by atoms with Gasteiger partial charge in [0.05, 0.1) is 18.8 Å². The normalized spacial score (nSPS) is 19.4. The van der Waals surface area contributed by atoms with Crippen LogP contribution in [0, 0.1) is 11.6 Å². The highest BCUT2D eigenvalue weighted by Gasteiger charge is 2.24. The zero-order valence-electron chi connectivity index (χ0n) is 16.1. The molecule has 146 valence electrons. The van der Waals surface area contributed by atoms with Gasteiger partial charge in [0.2, 0.25) is 5.82 Å². The van der Waals surface area contributed by atoms with Gasteiger partial charge in [-0.05, 0) is 62.3 Å². The first-order valence-electron chi connectivity index (χ1n) is 9.97. The Morgan fingerprint density at radius 3 is 2.30 bits per heavy atom. The second-order valence-corrected chi connectivity index (χ2v) is 7.15. The van der Waals surface area contributed by atoms with E-state index in [9.17, 15) is 8.78 Å². The van der Waals surface area contributed by atoms with Crippen LogP contribution in [0.4, 0.5) is 8.78 Å². The van der Waals surface area contributed by atoms with Crippen molar-refractivity contribution < 1.29 is 18.3 Å². The maximum Gasteiger partial charge on any atom is 0.201 e. The van der Waals surface area contributed by atoms with Crippen LogP contribution in [0.3, 0.4) is 0 Å². The van der Waals surface area contributed by atoms with Crippen LogP contribution in [0.15, 0.2) is 36.4 Å². The van der Waals surface area contributed by atoms with Gasteiger partial charge in [0.15, 0.2) is 11.6 Å². The quantitative estimate of drug-likeness (QED) is 0.539. The molecule has 2 unspecified atom stereocenters. The monoisotopic (exact) mass is 374 g/mol. The molecule has 0 aliphatic carbocycles. The molecule has 2 atom stereocenters. The molecule has 1 heterocycles. The summed E-state index contributed by atoms with van der Waals surface area (Å²) in [4.78, 5) is 0. The van der Waals surface area contributed by atoms with Gasteiger partial charge in [-0.3, -0.25) is 0 Å². The van der Waals surface area contributed by atoms with Gasteiger partial charge in [0.25, 0.3) is 0 Å². The average Bonchev–Trinajstić information content (AvgIpc) is 3.13. The van der Waals surface area contributed by atoms with Gasteiger partial charge in [-0.2, -0.15) is 4.39 Å². The highest BCUT2D eigenvalue weighted by Crippen LogP contribution is 2.31. The number of aryl methyl sites for hydroxylation is 1. The molecule has 27 heavy (non-hydrogen) atoms. The zero-order chi connectivity index (χ0) is 19.2. The molecule has 2 nitrogen and oxygen atoms in total. The minimum Gasteiger partial charge on any atom is -0.491 e. The van der Waals surface area contributed by atoms with Gasteiger partial charge in [-0.1, -0.05) is 37.6 Å². The number of rotatable bonds is 8. The SMILES string of the molecule is CCCC1CCC(CCc2ccc(-c3ccc(OCC)c(F)c3F)cc2)O1. The molecule has 4 heteroatoms. The van der Waals surface area contributed by atoms with Crippen LogP contribution < -0.4 is 4.74 Å². The third-order valence-electron chi connectivity index (χ3n) is 5.17. The highest BCUT2D eigenvalue weighted by molar-refractivity contribution is 5.65. The number of benzene rings is 2. The minimum absolute atomic E-state index is 0.0479. The average molecular weight is 374 g/mol. The van der Waals surface area contributed by atoms with Gasteiger partial charge in [0, 0.05) is 5.56 Å². The Morgan fingerprint density at radius 2 is 1.63 bits per heavy atom. The Bertz CT molecular complexity index is 743. The molecular weight excluding hydrogens is 346 g/mol. The largest absolute Gasteiger partial charge is 0.491 e. The van der Waals surface area contributed by atoms with Crippen molar-refractivity contribution in [1.82, 2.24) is 0 Å². The molecule has 1 aliphatic rings. The van der Waals surface area contributed by atoms with Gasteiger partial charge in [-0.25, -0.2) is 4.39 Å². The van der Waals surface area contributed by atoms with E-state index in [2.05, 4.69) is 6.92 Å². The Kier molecular flexibility index (Phi) is 6.84. The summed E-state index contributed by atoms with van der Waals surface area (Å²) >= 11 is 0. The summed E-state index contributed by atoms with van der Waals surface area (Å²) in [5.74, 6) is -1.85. The fraction of sp³-hybridized carbons (Fsp3) is 0.478. The maximum absolute atomic E-state index is 14.4. The first kappa shape index (κ1) is 19.8. The maximum atomic E-state index is 14.4. The van der Waals surface area contributed by atoms with E-state index in [0.29, 0.717) is 24.4 Å². The molecule has 0 N–H and O–H groups in total. The van der Waals surface area contributed by atoms with Crippen LogP contribution >= 0.6 is 0 Å². The van der Waals surface area contributed by atoms with E-state index in [0.717, 1.165) is 25.7 Å². The van der Waals surface area contributed by atoms with Crippen LogP contribution in [0.1, 0.15) is 51.5 Å². The summed E-state index contributed by atoms with van der Waals surface area (Å²) in [5, 5.41) is 0. The minimum atomic E-state index is -0.932. The molecule has 2 aromatic carbocycles. The van der Waals surface area contributed by atoms with Crippen LogP contribution in [-0.4, -0.2) is 18.8 Å². The van der Waals surface area contributed by atoms with Gasteiger partial charge in [0.1, 0.15) is 0 Å². The Balaban J connectivity index is 1.61. The Labute approximate surface area is 160 Å². The summed E-state index contributed by atoms with van der Waals surface area (Å²) in [7, 11) is 0. The van der Waals surface area contributed by atoms with E-state index < -0.39 is 11.6 Å². The topological polar surface area (TPSA) is 18.5 Å². The fourth-order valence-corrected chi connectivity index (χ4v) is 3.73. The number of hydrogen-bond acceptors (Lipinski definition) is 2. The standard InChI is InChI=1S/C23H28F2O2/c1-3-5-18-12-13-19(27-18)11-8-16-6-9-17(10-7-16)20-14-15-21(26-4-2)23(25)22(20)24/h6-7,9-10,14-15,18-19H,3-5,8,11-13H2,1-2H3. The molecule has 0 aromatic heterocycles. The van der Waals surface area contributed by atoms with Crippen molar-refractivity contribution in [1.29, 1.82) is 0 Å². The van der Waals surface area contributed by atoms with E-state index in [1.807, 2.05) is 24.3 Å². The van der Waals surface area contributed by atoms with E-state index >= 15 is 0 Å². The van der Waals surface area contributed by atoms with Gasteiger partial charge in [-0.15, -0.1) is 0 Å². The molecule has 1 aliphatic heterocycles. The molecule has 0 bridgehead atoms. The number of hydrogen-bond donors (Lipinski definition) is 0. The van der Waals surface area contributed by atoms with Crippen LogP contribution in [0.25, 0.3) is 11.1 Å². The highest BCUT2D eigenvalue weighted by atomic mass is 19.2. The first-order valence-corrected chi connectivity index (χ1v) is 9.97. The van der Waals surface area contributed by atoms with E-state index in [1.165, 1.54) is 24.5 Å². The van der Waals surface area contributed by atoms with Crippen LogP contribution in [0.2, 0.25) is 0 Å². The van der Waals surface area contributed by atoms with Crippen molar-refractivity contribution in [2.75, 3.05) is 6.61 Å². The Hall–Kier alpha value is -1.94. The first-order chi connectivity index (χ1) is 13.1. The predicted molar refractivity (Wildman–Crippen MR) is 104 cm³/mol. The molecule has 0 amide bonds. The summed E-state index contributed by atoms with van der Waals surface area (Å²) < 4.78 is 39.6. The molecule has 2 aromatic rings. The number of ether oxygens (including phenoxy) is 2. The van der Waals surface area contributed by atoms with Crippen molar-refractivity contribution in [2.45, 2.75) is 64.6 Å². The lowest BCUT2D eigenvalue weighted by Crippen LogP contribution is -2.11. The van der Waals surface area contributed by atoms with E-state index in [-0.39, 0.29) is 11.3 Å². The Morgan fingerprint density at radius 1 is 0.926 bits per heavy atom. The summed E-state index contributed by atoms with van der Waals surface area (Å²) in [6, 6.07) is 10.7. The lowest BCUT2D eigenvalue weighted by molar-refractivity contribution is 0.0361. The van der Waals surface area contributed by atoms with Crippen LogP contribution in [0.5, 0.6) is 5.75 Å². The van der Waals surface area contributed by atoms with Crippen molar-refractivity contribution in [3.05, 3.63) is 53.6 Å². The lowest BCUT2D eigenvalue weighted by atomic mass is 10.00.